The van der Waals surface area contributed by atoms with Gasteiger partial charge in [-0.15, -0.1) is 11.3 Å². The van der Waals surface area contributed by atoms with Crippen LogP contribution in [0.4, 0.5) is 5.13 Å². The number of nitrogens with one attached hydrogen (secondary N) is 1. The van der Waals surface area contributed by atoms with Crippen molar-refractivity contribution in [2.24, 2.45) is 5.10 Å². The van der Waals surface area contributed by atoms with Crippen molar-refractivity contribution < 1.29 is 9.47 Å². The van der Waals surface area contributed by atoms with Crippen LogP contribution in [0.1, 0.15) is 25.0 Å². The third-order valence-electron chi connectivity index (χ3n) is 3.69. The number of aromatic nitrogens is 1. The Morgan fingerprint density at radius 3 is 2.74 bits per heavy atom. The van der Waals surface area contributed by atoms with Gasteiger partial charge >= 0.3 is 0 Å². The van der Waals surface area contributed by atoms with Crippen LogP contribution >= 0.6 is 11.3 Å². The first kappa shape index (κ1) is 19.1. The highest BCUT2D eigenvalue weighted by molar-refractivity contribution is 7.14. The number of hydrogen-bond acceptors (Lipinski definition) is 6. The largest absolute Gasteiger partial charge is 0.491 e. The molecular formula is C21H23N3O2S. The first-order valence-corrected chi connectivity index (χ1v) is 9.62. The van der Waals surface area contributed by atoms with Crippen LogP contribution in [0.2, 0.25) is 0 Å². The molecular weight excluding hydrogens is 358 g/mol. The molecule has 27 heavy (non-hydrogen) atoms. The number of rotatable bonds is 8. The second-order valence-corrected chi connectivity index (χ2v) is 7.10. The van der Waals surface area contributed by atoms with Crippen molar-refractivity contribution >= 4 is 22.7 Å². The van der Waals surface area contributed by atoms with E-state index in [1.165, 1.54) is 11.3 Å². The van der Waals surface area contributed by atoms with Gasteiger partial charge in [0.05, 0.1) is 24.6 Å². The van der Waals surface area contributed by atoms with E-state index in [1.807, 2.05) is 67.8 Å². The van der Waals surface area contributed by atoms with Gasteiger partial charge in [0.2, 0.25) is 5.13 Å². The molecule has 1 aromatic heterocycles. The number of thiazole rings is 1. The summed E-state index contributed by atoms with van der Waals surface area (Å²) in [7, 11) is 1.67. The fraction of sp³-hybridized carbons (Fsp3) is 0.238. The molecule has 0 unspecified atom stereocenters. The van der Waals surface area contributed by atoms with Crippen LogP contribution < -0.4 is 10.2 Å². The van der Waals surface area contributed by atoms with Crippen LogP contribution in [-0.2, 0) is 11.3 Å². The average Bonchev–Trinajstić information content (AvgIpc) is 3.13. The number of nitrogens with zero attached hydrogens (tertiary/aromatic N) is 2. The van der Waals surface area contributed by atoms with E-state index in [1.54, 1.807) is 13.3 Å². The highest BCUT2D eigenvalue weighted by atomic mass is 32.1. The molecule has 0 saturated heterocycles. The van der Waals surface area contributed by atoms with Gasteiger partial charge in [-0.1, -0.05) is 30.3 Å². The molecule has 1 heterocycles. The molecule has 1 N–H and O–H groups in total. The SMILES string of the molecule is COCc1cc(C=NNc2nc(-c3ccccc3)cs2)ccc1OC(C)C. The monoisotopic (exact) mass is 381 g/mol. The van der Waals surface area contributed by atoms with Crippen molar-refractivity contribution in [2.75, 3.05) is 12.5 Å². The maximum Gasteiger partial charge on any atom is 0.203 e. The van der Waals surface area contributed by atoms with E-state index in [0.29, 0.717) is 6.61 Å². The van der Waals surface area contributed by atoms with Gasteiger partial charge < -0.3 is 9.47 Å². The van der Waals surface area contributed by atoms with E-state index < -0.39 is 0 Å². The summed E-state index contributed by atoms with van der Waals surface area (Å²) in [5.41, 5.74) is 6.99. The van der Waals surface area contributed by atoms with Crippen LogP contribution in [0, 0.1) is 0 Å². The number of ether oxygens (including phenoxy) is 2. The molecule has 5 nitrogen and oxygen atoms in total. The molecule has 0 saturated carbocycles. The second kappa shape index (κ2) is 9.30. The fourth-order valence-electron chi connectivity index (χ4n) is 2.55. The summed E-state index contributed by atoms with van der Waals surface area (Å²) >= 11 is 1.52. The topological polar surface area (TPSA) is 55.7 Å². The van der Waals surface area contributed by atoms with Crippen molar-refractivity contribution in [1.29, 1.82) is 0 Å². The fourth-order valence-corrected chi connectivity index (χ4v) is 3.21. The molecule has 0 bridgehead atoms. The first-order valence-electron chi connectivity index (χ1n) is 8.74. The van der Waals surface area contributed by atoms with Crippen molar-refractivity contribution in [3.05, 3.63) is 65.0 Å². The van der Waals surface area contributed by atoms with Gasteiger partial charge in [-0.2, -0.15) is 5.10 Å². The minimum atomic E-state index is 0.116. The van der Waals surface area contributed by atoms with Gasteiger partial charge in [0.25, 0.3) is 0 Å². The Bertz CT molecular complexity index is 891. The van der Waals surface area contributed by atoms with Crippen LogP contribution in [0.15, 0.2) is 59.0 Å². The summed E-state index contributed by atoms with van der Waals surface area (Å²) < 4.78 is 11.1. The summed E-state index contributed by atoms with van der Waals surface area (Å²) in [6.07, 6.45) is 1.88. The Morgan fingerprint density at radius 1 is 1.19 bits per heavy atom. The van der Waals surface area contributed by atoms with Crippen molar-refractivity contribution in [1.82, 2.24) is 4.98 Å². The van der Waals surface area contributed by atoms with E-state index in [4.69, 9.17) is 9.47 Å². The maximum absolute atomic E-state index is 5.82. The molecule has 2 aromatic carbocycles. The van der Waals surface area contributed by atoms with E-state index in [-0.39, 0.29) is 6.10 Å². The van der Waals surface area contributed by atoms with Crippen molar-refractivity contribution in [3.63, 3.8) is 0 Å². The van der Waals surface area contributed by atoms with Gasteiger partial charge in [-0.25, -0.2) is 4.98 Å². The smallest absolute Gasteiger partial charge is 0.203 e. The third-order valence-corrected chi connectivity index (χ3v) is 4.44. The summed E-state index contributed by atoms with van der Waals surface area (Å²) in [5.74, 6) is 0.837. The predicted octanol–water partition coefficient (Wildman–Crippen LogP) is 5.19. The van der Waals surface area contributed by atoms with Crippen LogP contribution in [0.25, 0.3) is 11.3 Å². The summed E-state index contributed by atoms with van der Waals surface area (Å²) in [4.78, 5) is 4.56. The van der Waals surface area contributed by atoms with Gasteiger partial charge in [0, 0.05) is 23.6 Å². The number of hydrazone groups is 1. The lowest BCUT2D eigenvalue weighted by molar-refractivity contribution is 0.174. The molecule has 140 valence electrons. The minimum absolute atomic E-state index is 0.116. The van der Waals surface area contributed by atoms with Gasteiger partial charge in [-0.3, -0.25) is 5.43 Å². The van der Waals surface area contributed by atoms with Crippen LogP contribution in [-0.4, -0.2) is 24.4 Å². The Morgan fingerprint density at radius 2 is 2.00 bits per heavy atom. The molecule has 3 rings (SSSR count). The van der Waals surface area contributed by atoms with Crippen molar-refractivity contribution in [2.45, 2.75) is 26.6 Å². The Kier molecular flexibility index (Phi) is 6.57. The van der Waals surface area contributed by atoms with Gasteiger partial charge in [-0.05, 0) is 37.6 Å². The molecule has 0 aliphatic rings. The molecule has 0 aliphatic carbocycles. The average molecular weight is 382 g/mol. The van der Waals surface area contributed by atoms with Crippen LogP contribution in [0.5, 0.6) is 5.75 Å². The lowest BCUT2D eigenvalue weighted by Crippen LogP contribution is -2.08. The Hall–Kier alpha value is -2.70. The standard InChI is InChI=1S/C21H23N3O2S/c1-15(2)26-20-10-9-16(11-18(20)13-25-3)12-22-24-21-23-19(14-27-21)17-7-5-4-6-8-17/h4-12,14-15H,13H2,1-3H3,(H,23,24). The molecule has 0 fully saturated rings. The number of methoxy groups -OCH3 is 1. The molecule has 0 aliphatic heterocycles. The summed E-state index contributed by atoms with van der Waals surface area (Å²) in [6.45, 7) is 4.51. The normalized spacial score (nSPS) is 11.3. The lowest BCUT2D eigenvalue weighted by Gasteiger charge is -2.14. The van der Waals surface area contributed by atoms with Gasteiger partial charge in [0.1, 0.15) is 5.75 Å². The summed E-state index contributed by atoms with van der Waals surface area (Å²) in [5, 5.41) is 7.07. The quantitative estimate of drug-likeness (QED) is 0.431. The first-order chi connectivity index (χ1) is 13.2. The molecule has 0 spiro atoms. The zero-order chi connectivity index (χ0) is 19.1. The molecule has 6 heteroatoms. The lowest BCUT2D eigenvalue weighted by atomic mass is 10.1. The molecule has 3 aromatic rings. The molecule has 0 amide bonds. The van der Waals surface area contributed by atoms with Crippen molar-refractivity contribution in [3.8, 4) is 17.0 Å². The molecule has 0 radical (unpaired) electrons. The Balaban J connectivity index is 1.67. The minimum Gasteiger partial charge on any atom is -0.491 e. The highest BCUT2D eigenvalue weighted by Crippen LogP contribution is 2.25. The van der Waals surface area contributed by atoms with E-state index >= 15 is 0 Å². The number of anilines is 1. The van der Waals surface area contributed by atoms with E-state index in [0.717, 1.165) is 33.3 Å². The summed E-state index contributed by atoms with van der Waals surface area (Å²) in [6, 6.07) is 16.0. The zero-order valence-electron chi connectivity index (χ0n) is 15.7. The van der Waals surface area contributed by atoms with E-state index in [2.05, 4.69) is 15.5 Å². The number of benzene rings is 2. The third kappa shape index (κ3) is 5.39. The molecule has 0 atom stereocenters. The second-order valence-electron chi connectivity index (χ2n) is 6.24. The van der Waals surface area contributed by atoms with E-state index in [9.17, 15) is 0 Å². The zero-order valence-corrected chi connectivity index (χ0v) is 16.5. The van der Waals surface area contributed by atoms with Crippen LogP contribution in [0.3, 0.4) is 0 Å². The Labute approximate surface area is 163 Å². The predicted molar refractivity (Wildman–Crippen MR) is 112 cm³/mol. The highest BCUT2D eigenvalue weighted by Gasteiger charge is 2.07. The maximum atomic E-state index is 5.82. The number of hydrogen-bond donors (Lipinski definition) is 1. The van der Waals surface area contributed by atoms with Gasteiger partial charge in [0.15, 0.2) is 0 Å².